The highest BCUT2D eigenvalue weighted by Crippen LogP contribution is 2.29. The zero-order valence-corrected chi connectivity index (χ0v) is 12.7. The monoisotopic (exact) mass is 319 g/mol. The second kappa shape index (κ2) is 5.45. The van der Waals surface area contributed by atoms with E-state index in [1.807, 2.05) is 6.92 Å². The van der Waals surface area contributed by atoms with E-state index < -0.39 is 0 Å². The van der Waals surface area contributed by atoms with Gasteiger partial charge >= 0.3 is 0 Å². The van der Waals surface area contributed by atoms with Crippen LogP contribution in [-0.4, -0.2) is 28.6 Å². The molecule has 0 N–H and O–H groups in total. The van der Waals surface area contributed by atoms with Crippen LogP contribution in [-0.2, 0) is 0 Å². The minimum Gasteiger partial charge on any atom is -0.355 e. The Balaban J connectivity index is 1.95. The number of anilines is 1. The van der Waals surface area contributed by atoms with Gasteiger partial charge in [-0.25, -0.2) is 0 Å². The number of aromatic nitrogens is 2. The summed E-state index contributed by atoms with van der Waals surface area (Å²) in [7, 11) is 0. The maximum absolute atomic E-state index is 4.45. The first-order valence-corrected chi connectivity index (χ1v) is 7.94. The van der Waals surface area contributed by atoms with Crippen molar-refractivity contribution in [2.45, 2.75) is 19.8 Å². The molecule has 3 rings (SSSR count). The SMILES string of the molecule is Cc1nnc(N2CCC(CBr)CC2)c2ccccc12. The van der Waals surface area contributed by atoms with Gasteiger partial charge in [-0.05, 0) is 25.7 Å². The van der Waals surface area contributed by atoms with Crippen molar-refractivity contribution in [2.75, 3.05) is 23.3 Å². The van der Waals surface area contributed by atoms with Crippen LogP contribution in [0.3, 0.4) is 0 Å². The van der Waals surface area contributed by atoms with Gasteiger partial charge in [0.25, 0.3) is 0 Å². The Morgan fingerprint density at radius 1 is 1.16 bits per heavy atom. The van der Waals surface area contributed by atoms with E-state index in [4.69, 9.17) is 0 Å². The summed E-state index contributed by atoms with van der Waals surface area (Å²) < 4.78 is 0. The van der Waals surface area contributed by atoms with E-state index in [1.54, 1.807) is 0 Å². The molecule has 0 amide bonds. The lowest BCUT2D eigenvalue weighted by Gasteiger charge is -2.32. The third kappa shape index (κ3) is 2.46. The molecule has 100 valence electrons. The van der Waals surface area contributed by atoms with Crippen LogP contribution in [0.15, 0.2) is 24.3 Å². The van der Waals surface area contributed by atoms with Gasteiger partial charge < -0.3 is 4.90 Å². The maximum atomic E-state index is 4.45. The smallest absolute Gasteiger partial charge is 0.159 e. The first-order valence-electron chi connectivity index (χ1n) is 6.82. The van der Waals surface area contributed by atoms with Crippen LogP contribution >= 0.6 is 15.9 Å². The predicted octanol–water partition coefficient (Wildman–Crippen LogP) is 3.55. The molecule has 1 aliphatic rings. The first kappa shape index (κ1) is 12.9. The summed E-state index contributed by atoms with van der Waals surface area (Å²) in [5, 5.41) is 12.3. The Morgan fingerprint density at radius 3 is 2.53 bits per heavy atom. The third-order valence-electron chi connectivity index (χ3n) is 3.98. The van der Waals surface area contributed by atoms with Crippen molar-refractivity contribution in [1.29, 1.82) is 0 Å². The average molecular weight is 320 g/mol. The molecular weight excluding hydrogens is 302 g/mol. The third-order valence-corrected chi connectivity index (χ3v) is 4.90. The number of nitrogens with zero attached hydrogens (tertiary/aromatic N) is 3. The van der Waals surface area contributed by atoms with Gasteiger partial charge in [0.05, 0.1) is 5.69 Å². The standard InChI is InChI=1S/C15H18BrN3/c1-11-13-4-2-3-5-14(13)15(18-17-11)19-8-6-12(10-16)7-9-19/h2-5,12H,6-10H2,1H3. The highest BCUT2D eigenvalue weighted by molar-refractivity contribution is 9.09. The molecule has 1 saturated heterocycles. The summed E-state index contributed by atoms with van der Waals surface area (Å²) in [5.74, 6) is 1.86. The number of hydrogen-bond acceptors (Lipinski definition) is 3. The fourth-order valence-corrected chi connectivity index (χ4v) is 3.40. The van der Waals surface area contributed by atoms with Gasteiger partial charge in [-0.3, -0.25) is 0 Å². The van der Waals surface area contributed by atoms with Crippen LogP contribution in [0.4, 0.5) is 5.82 Å². The minimum atomic E-state index is 0.806. The molecule has 0 radical (unpaired) electrons. The summed E-state index contributed by atoms with van der Waals surface area (Å²) in [6.07, 6.45) is 2.46. The van der Waals surface area contributed by atoms with E-state index in [0.29, 0.717) is 0 Å². The molecule has 3 nitrogen and oxygen atoms in total. The lowest BCUT2D eigenvalue weighted by atomic mass is 9.99. The zero-order valence-electron chi connectivity index (χ0n) is 11.1. The van der Waals surface area contributed by atoms with Crippen molar-refractivity contribution in [3.05, 3.63) is 30.0 Å². The van der Waals surface area contributed by atoms with Crippen molar-refractivity contribution >= 4 is 32.5 Å². The topological polar surface area (TPSA) is 29.0 Å². The van der Waals surface area contributed by atoms with Gasteiger partial charge in [0.1, 0.15) is 0 Å². The molecule has 1 fully saturated rings. The van der Waals surface area contributed by atoms with E-state index in [-0.39, 0.29) is 0 Å². The molecule has 0 saturated carbocycles. The van der Waals surface area contributed by atoms with E-state index >= 15 is 0 Å². The van der Waals surface area contributed by atoms with Crippen molar-refractivity contribution in [1.82, 2.24) is 10.2 Å². The highest BCUT2D eigenvalue weighted by atomic mass is 79.9. The van der Waals surface area contributed by atoms with E-state index in [0.717, 1.165) is 35.8 Å². The molecule has 2 heterocycles. The van der Waals surface area contributed by atoms with Crippen LogP contribution in [0.1, 0.15) is 18.5 Å². The van der Waals surface area contributed by atoms with E-state index in [2.05, 4.69) is 55.3 Å². The summed E-state index contributed by atoms with van der Waals surface area (Å²) in [4.78, 5) is 2.38. The number of hydrogen-bond donors (Lipinski definition) is 0. The van der Waals surface area contributed by atoms with E-state index in [9.17, 15) is 0 Å². The van der Waals surface area contributed by atoms with Crippen molar-refractivity contribution < 1.29 is 0 Å². The molecule has 0 bridgehead atoms. The van der Waals surface area contributed by atoms with Crippen LogP contribution in [0, 0.1) is 12.8 Å². The molecule has 4 heteroatoms. The molecular formula is C15H18BrN3. The van der Waals surface area contributed by atoms with Crippen LogP contribution in [0.2, 0.25) is 0 Å². The fourth-order valence-electron chi connectivity index (χ4n) is 2.76. The Bertz CT molecular complexity index is 577. The van der Waals surface area contributed by atoms with Gasteiger partial charge in [-0.15, -0.1) is 5.10 Å². The largest absolute Gasteiger partial charge is 0.355 e. The molecule has 19 heavy (non-hydrogen) atoms. The Kier molecular flexibility index (Phi) is 3.69. The van der Waals surface area contributed by atoms with Gasteiger partial charge in [0.2, 0.25) is 0 Å². The molecule has 0 atom stereocenters. The predicted molar refractivity (Wildman–Crippen MR) is 83.0 cm³/mol. The molecule has 2 aromatic rings. The number of halogens is 1. The Hall–Kier alpha value is -1.16. The molecule has 1 aromatic carbocycles. The molecule has 0 spiro atoms. The zero-order chi connectivity index (χ0) is 13.2. The Morgan fingerprint density at radius 2 is 1.84 bits per heavy atom. The number of fused-ring (bicyclic) bond motifs is 1. The van der Waals surface area contributed by atoms with Gasteiger partial charge in [-0.1, -0.05) is 40.2 Å². The van der Waals surface area contributed by atoms with Crippen LogP contribution in [0.5, 0.6) is 0 Å². The van der Waals surface area contributed by atoms with Crippen LogP contribution in [0.25, 0.3) is 10.8 Å². The summed E-state index contributed by atoms with van der Waals surface area (Å²) in [5.41, 5.74) is 1.01. The molecule has 1 aromatic heterocycles. The van der Waals surface area contributed by atoms with Crippen molar-refractivity contribution in [3.8, 4) is 0 Å². The van der Waals surface area contributed by atoms with Crippen molar-refractivity contribution in [2.24, 2.45) is 5.92 Å². The second-order valence-electron chi connectivity index (χ2n) is 5.24. The highest BCUT2D eigenvalue weighted by Gasteiger charge is 2.21. The summed E-state index contributed by atoms with van der Waals surface area (Å²) in [6, 6.07) is 8.44. The Labute approximate surface area is 122 Å². The van der Waals surface area contributed by atoms with Crippen LogP contribution < -0.4 is 4.90 Å². The normalized spacial score (nSPS) is 17.1. The minimum absolute atomic E-state index is 0.806. The molecule has 0 aliphatic carbocycles. The lowest BCUT2D eigenvalue weighted by molar-refractivity contribution is 0.445. The first-order chi connectivity index (χ1) is 9.29. The number of aryl methyl sites for hydroxylation is 1. The second-order valence-corrected chi connectivity index (χ2v) is 5.89. The lowest BCUT2D eigenvalue weighted by Crippen LogP contribution is -2.35. The molecule has 1 aliphatic heterocycles. The van der Waals surface area contributed by atoms with E-state index in [1.165, 1.54) is 23.6 Å². The van der Waals surface area contributed by atoms with Gasteiger partial charge in [-0.2, -0.15) is 5.10 Å². The van der Waals surface area contributed by atoms with Crippen molar-refractivity contribution in [3.63, 3.8) is 0 Å². The number of piperidine rings is 1. The quantitative estimate of drug-likeness (QED) is 0.793. The molecule has 0 unspecified atom stereocenters. The number of alkyl halides is 1. The number of rotatable bonds is 2. The summed E-state index contributed by atoms with van der Waals surface area (Å²) in [6.45, 7) is 4.19. The average Bonchev–Trinajstić information content (AvgIpc) is 2.48. The van der Waals surface area contributed by atoms with Gasteiger partial charge in [0.15, 0.2) is 5.82 Å². The summed E-state index contributed by atoms with van der Waals surface area (Å²) >= 11 is 3.59. The maximum Gasteiger partial charge on any atom is 0.159 e. The fraction of sp³-hybridized carbons (Fsp3) is 0.467. The number of benzene rings is 1. The van der Waals surface area contributed by atoms with Gasteiger partial charge in [0, 0.05) is 29.2 Å².